The molecule has 0 radical (unpaired) electrons. The number of aldehydes is 1. The number of hydrogen-bond acceptors (Lipinski definition) is 6. The number of piperidine rings is 1. The van der Waals surface area contributed by atoms with Crippen molar-refractivity contribution in [2.45, 2.75) is 31.6 Å². The molecule has 0 atom stereocenters. The SMILES string of the molecule is O=CCc1ccc(OCCCN2CCC(c3onc4cc(F)ccc34)CC2)c(O)c1. The van der Waals surface area contributed by atoms with Gasteiger partial charge in [0.2, 0.25) is 0 Å². The standard InChI is InChI=1S/C23H25FN2O4/c24-18-3-4-19-20(15-18)25-30-23(19)17-6-10-26(11-7-17)9-1-13-29-22-5-2-16(8-12-27)14-21(22)28/h2-5,12,14-15,17,28H,1,6-11,13H2. The number of benzene rings is 2. The Labute approximate surface area is 174 Å². The van der Waals surface area contributed by atoms with E-state index in [1.54, 1.807) is 24.3 Å². The first-order chi connectivity index (χ1) is 14.6. The molecule has 7 heteroatoms. The van der Waals surface area contributed by atoms with Crippen molar-refractivity contribution in [3.05, 3.63) is 53.5 Å². The van der Waals surface area contributed by atoms with Gasteiger partial charge < -0.3 is 24.1 Å². The monoisotopic (exact) mass is 412 g/mol. The Bertz CT molecular complexity index is 1010. The number of carbonyl (C=O) groups excluding carboxylic acids is 1. The van der Waals surface area contributed by atoms with Crippen LogP contribution in [0.25, 0.3) is 10.9 Å². The summed E-state index contributed by atoms with van der Waals surface area (Å²) in [6.07, 6.45) is 3.89. The minimum absolute atomic E-state index is 0.0642. The van der Waals surface area contributed by atoms with Gasteiger partial charge in [-0.25, -0.2) is 4.39 Å². The lowest BCUT2D eigenvalue weighted by Gasteiger charge is -2.30. The quantitative estimate of drug-likeness (QED) is 0.444. The number of halogens is 1. The number of likely N-dealkylation sites (tertiary alicyclic amines) is 1. The van der Waals surface area contributed by atoms with Crippen molar-refractivity contribution >= 4 is 17.2 Å². The number of fused-ring (bicyclic) bond motifs is 1. The van der Waals surface area contributed by atoms with Crippen molar-refractivity contribution in [1.82, 2.24) is 10.1 Å². The normalized spacial score (nSPS) is 15.5. The Morgan fingerprint density at radius 2 is 2.07 bits per heavy atom. The van der Waals surface area contributed by atoms with Crippen molar-refractivity contribution in [1.29, 1.82) is 0 Å². The topological polar surface area (TPSA) is 75.8 Å². The molecule has 0 saturated carbocycles. The van der Waals surface area contributed by atoms with Gasteiger partial charge in [0.25, 0.3) is 0 Å². The van der Waals surface area contributed by atoms with Crippen LogP contribution in [0.2, 0.25) is 0 Å². The Hall–Kier alpha value is -2.93. The molecular formula is C23H25FN2O4. The van der Waals surface area contributed by atoms with Crippen LogP contribution in [0.4, 0.5) is 4.39 Å². The average molecular weight is 412 g/mol. The number of hydrogen-bond donors (Lipinski definition) is 1. The van der Waals surface area contributed by atoms with Crippen molar-refractivity contribution < 1.29 is 23.6 Å². The zero-order chi connectivity index (χ0) is 20.9. The minimum Gasteiger partial charge on any atom is -0.504 e. The fourth-order valence-electron chi connectivity index (χ4n) is 4.03. The summed E-state index contributed by atoms with van der Waals surface area (Å²) in [6.45, 7) is 3.34. The van der Waals surface area contributed by atoms with Gasteiger partial charge in [0.15, 0.2) is 11.5 Å². The molecule has 2 aromatic carbocycles. The molecule has 0 spiro atoms. The molecule has 1 aromatic heterocycles. The fraction of sp³-hybridized carbons (Fsp3) is 0.391. The van der Waals surface area contributed by atoms with Gasteiger partial charge in [-0.15, -0.1) is 0 Å². The summed E-state index contributed by atoms with van der Waals surface area (Å²) in [5.74, 6) is 1.37. The molecule has 6 nitrogen and oxygen atoms in total. The van der Waals surface area contributed by atoms with Crippen LogP contribution in [0.1, 0.15) is 36.5 Å². The molecule has 0 bridgehead atoms. The molecule has 1 N–H and O–H groups in total. The summed E-state index contributed by atoms with van der Waals surface area (Å²) in [5.41, 5.74) is 1.34. The van der Waals surface area contributed by atoms with Crippen LogP contribution < -0.4 is 4.74 Å². The predicted octanol–water partition coefficient (Wildman–Crippen LogP) is 4.06. The summed E-state index contributed by atoms with van der Waals surface area (Å²) in [4.78, 5) is 12.9. The van der Waals surface area contributed by atoms with Gasteiger partial charge in [-0.1, -0.05) is 11.2 Å². The smallest absolute Gasteiger partial charge is 0.160 e. The van der Waals surface area contributed by atoms with E-state index in [1.165, 1.54) is 12.1 Å². The second-order valence-electron chi connectivity index (χ2n) is 7.70. The van der Waals surface area contributed by atoms with E-state index in [4.69, 9.17) is 9.26 Å². The summed E-state index contributed by atoms with van der Waals surface area (Å²) in [5, 5.41) is 14.9. The number of ether oxygens (including phenoxy) is 1. The molecular weight excluding hydrogens is 387 g/mol. The van der Waals surface area contributed by atoms with E-state index in [0.717, 1.165) is 61.9 Å². The van der Waals surface area contributed by atoms with Gasteiger partial charge in [-0.05, 0) is 62.2 Å². The highest BCUT2D eigenvalue weighted by Crippen LogP contribution is 2.33. The van der Waals surface area contributed by atoms with Gasteiger partial charge >= 0.3 is 0 Å². The molecule has 4 rings (SSSR count). The van der Waals surface area contributed by atoms with E-state index in [1.807, 2.05) is 0 Å². The van der Waals surface area contributed by atoms with Crippen molar-refractivity contribution in [2.75, 3.05) is 26.2 Å². The second kappa shape index (κ2) is 9.26. The molecule has 158 valence electrons. The van der Waals surface area contributed by atoms with E-state index < -0.39 is 0 Å². The Balaban J connectivity index is 1.22. The molecule has 1 aliphatic heterocycles. The van der Waals surface area contributed by atoms with Crippen molar-refractivity contribution in [2.24, 2.45) is 0 Å². The Morgan fingerprint density at radius 3 is 2.83 bits per heavy atom. The number of rotatable bonds is 8. The van der Waals surface area contributed by atoms with Gasteiger partial charge in [-0.2, -0.15) is 0 Å². The maximum Gasteiger partial charge on any atom is 0.160 e. The van der Waals surface area contributed by atoms with Crippen LogP contribution in [-0.2, 0) is 11.2 Å². The van der Waals surface area contributed by atoms with Crippen LogP contribution >= 0.6 is 0 Å². The first-order valence-corrected chi connectivity index (χ1v) is 10.3. The molecule has 0 unspecified atom stereocenters. The number of phenolic OH excluding ortho intramolecular Hbond substituents is 1. The average Bonchev–Trinajstić information content (AvgIpc) is 3.16. The molecule has 1 aliphatic rings. The number of aromatic hydroxyl groups is 1. The van der Waals surface area contributed by atoms with Gasteiger partial charge in [0.05, 0.1) is 6.61 Å². The third-order valence-electron chi connectivity index (χ3n) is 5.64. The maximum atomic E-state index is 13.3. The number of nitrogens with zero attached hydrogens (tertiary/aromatic N) is 2. The molecule has 0 aliphatic carbocycles. The van der Waals surface area contributed by atoms with E-state index in [-0.39, 0.29) is 18.0 Å². The van der Waals surface area contributed by atoms with Gasteiger partial charge in [0, 0.05) is 30.3 Å². The number of aromatic nitrogens is 1. The largest absolute Gasteiger partial charge is 0.504 e. The van der Waals surface area contributed by atoms with E-state index in [9.17, 15) is 14.3 Å². The highest BCUT2D eigenvalue weighted by Gasteiger charge is 2.25. The molecule has 1 fully saturated rings. The van der Waals surface area contributed by atoms with E-state index in [0.29, 0.717) is 23.8 Å². The summed E-state index contributed by atoms with van der Waals surface area (Å²) in [6, 6.07) is 9.66. The summed E-state index contributed by atoms with van der Waals surface area (Å²) in [7, 11) is 0. The highest BCUT2D eigenvalue weighted by molar-refractivity contribution is 5.80. The van der Waals surface area contributed by atoms with Crippen LogP contribution in [0.5, 0.6) is 11.5 Å². The lowest BCUT2D eigenvalue weighted by Crippen LogP contribution is -2.34. The van der Waals surface area contributed by atoms with E-state index >= 15 is 0 Å². The molecule has 2 heterocycles. The number of phenols is 1. The maximum absolute atomic E-state index is 13.3. The molecule has 3 aromatic rings. The predicted molar refractivity (Wildman–Crippen MR) is 110 cm³/mol. The Kier molecular flexibility index (Phi) is 6.28. The molecule has 1 saturated heterocycles. The lowest BCUT2D eigenvalue weighted by atomic mass is 9.92. The third-order valence-corrected chi connectivity index (χ3v) is 5.64. The van der Waals surface area contributed by atoms with Crippen molar-refractivity contribution in [3.63, 3.8) is 0 Å². The van der Waals surface area contributed by atoms with Crippen LogP contribution in [0.3, 0.4) is 0 Å². The zero-order valence-electron chi connectivity index (χ0n) is 16.7. The third kappa shape index (κ3) is 4.62. The van der Waals surface area contributed by atoms with E-state index in [2.05, 4.69) is 10.1 Å². The van der Waals surface area contributed by atoms with Gasteiger partial charge in [-0.3, -0.25) is 0 Å². The van der Waals surface area contributed by atoms with Gasteiger partial charge in [0.1, 0.15) is 23.4 Å². The minimum atomic E-state index is -0.301. The first-order valence-electron chi connectivity index (χ1n) is 10.3. The Morgan fingerprint density at radius 1 is 1.23 bits per heavy atom. The first kappa shape index (κ1) is 20.3. The number of carbonyl (C=O) groups is 1. The van der Waals surface area contributed by atoms with Crippen LogP contribution in [-0.4, -0.2) is 47.7 Å². The second-order valence-corrected chi connectivity index (χ2v) is 7.70. The lowest BCUT2D eigenvalue weighted by molar-refractivity contribution is -0.107. The fourth-order valence-corrected chi connectivity index (χ4v) is 4.03. The highest BCUT2D eigenvalue weighted by atomic mass is 19.1. The summed E-state index contributed by atoms with van der Waals surface area (Å²) >= 11 is 0. The molecule has 0 amide bonds. The van der Waals surface area contributed by atoms with Crippen molar-refractivity contribution in [3.8, 4) is 11.5 Å². The van der Waals surface area contributed by atoms with Crippen LogP contribution in [0, 0.1) is 5.82 Å². The zero-order valence-corrected chi connectivity index (χ0v) is 16.7. The summed E-state index contributed by atoms with van der Waals surface area (Å²) < 4.78 is 24.6. The molecule has 30 heavy (non-hydrogen) atoms. The van der Waals surface area contributed by atoms with Crippen LogP contribution in [0.15, 0.2) is 40.9 Å².